The molecule has 10 heteroatoms. The van der Waals surface area contributed by atoms with Crippen LogP contribution in [0.4, 0.5) is 25.0 Å². The summed E-state index contributed by atoms with van der Waals surface area (Å²) in [5.41, 5.74) is 1.85. The number of halogens is 2. The van der Waals surface area contributed by atoms with Crippen LogP contribution in [-0.2, 0) is 6.54 Å². The summed E-state index contributed by atoms with van der Waals surface area (Å²) in [6.45, 7) is 3.91. The van der Waals surface area contributed by atoms with Crippen molar-refractivity contribution in [2.75, 3.05) is 30.6 Å². The third-order valence-electron chi connectivity index (χ3n) is 5.05. The molecule has 2 aromatic rings. The Bertz CT molecular complexity index is 1030. The third kappa shape index (κ3) is 3.85. The fourth-order valence-electron chi connectivity index (χ4n) is 3.54. The minimum atomic E-state index is -0.991. The van der Waals surface area contributed by atoms with Gasteiger partial charge in [-0.3, -0.25) is 14.8 Å². The predicted octanol–water partition coefficient (Wildman–Crippen LogP) is 3.82. The van der Waals surface area contributed by atoms with E-state index in [1.165, 1.54) is 25.3 Å². The lowest BCUT2D eigenvalue weighted by atomic mass is 9.80. The molecule has 0 saturated heterocycles. The van der Waals surface area contributed by atoms with Gasteiger partial charge in [-0.2, -0.15) is 0 Å². The standard InChI is InChI=1S/C21H23BF2N4O3/c1-5-27-15-6-14(12(9-25)8-22-2)26-10-13(15)11-28(21(27)29)20-18(23)16(30-3)7-17(31-4)19(20)24/h6-10,22,25H,5,11H2,1-4H3/b12-8+,25-9?. The van der Waals surface area contributed by atoms with Crippen molar-refractivity contribution in [2.24, 2.45) is 0 Å². The van der Waals surface area contributed by atoms with Crippen LogP contribution in [0.2, 0.25) is 6.82 Å². The number of ether oxygens (including phenoxy) is 2. The molecule has 1 aromatic heterocycles. The summed E-state index contributed by atoms with van der Waals surface area (Å²) in [5, 5.41) is 7.61. The van der Waals surface area contributed by atoms with Crippen LogP contribution in [0.5, 0.6) is 11.5 Å². The van der Waals surface area contributed by atoms with E-state index in [9.17, 15) is 4.79 Å². The Balaban J connectivity index is 2.15. The van der Waals surface area contributed by atoms with Gasteiger partial charge in [-0.15, -0.1) is 5.98 Å². The first kappa shape index (κ1) is 22.3. The Labute approximate surface area is 180 Å². The molecule has 1 aliphatic heterocycles. The van der Waals surface area contributed by atoms with Crippen molar-refractivity contribution in [2.45, 2.75) is 20.3 Å². The van der Waals surface area contributed by atoms with Crippen molar-refractivity contribution in [1.82, 2.24) is 4.98 Å². The van der Waals surface area contributed by atoms with E-state index in [2.05, 4.69) is 4.98 Å². The number of pyridine rings is 1. The fourth-order valence-corrected chi connectivity index (χ4v) is 3.54. The van der Waals surface area contributed by atoms with Gasteiger partial charge in [0.15, 0.2) is 23.1 Å². The van der Waals surface area contributed by atoms with Crippen LogP contribution in [0.3, 0.4) is 0 Å². The molecule has 0 unspecified atom stereocenters. The average molecular weight is 428 g/mol. The highest BCUT2D eigenvalue weighted by atomic mass is 19.1. The lowest BCUT2D eigenvalue weighted by Gasteiger charge is -2.37. The van der Waals surface area contributed by atoms with E-state index in [0.717, 1.165) is 18.2 Å². The van der Waals surface area contributed by atoms with Crippen LogP contribution in [0.25, 0.3) is 5.57 Å². The third-order valence-corrected chi connectivity index (χ3v) is 5.05. The summed E-state index contributed by atoms with van der Waals surface area (Å²) in [5.74, 6) is -0.583. The number of fused-ring (bicyclic) bond motifs is 1. The van der Waals surface area contributed by atoms with Crippen molar-refractivity contribution in [3.8, 4) is 11.5 Å². The second kappa shape index (κ2) is 9.15. The molecule has 0 saturated carbocycles. The molecule has 7 nitrogen and oxygen atoms in total. The summed E-state index contributed by atoms with van der Waals surface area (Å²) in [6, 6.07) is 2.23. The molecule has 0 aliphatic carbocycles. The Morgan fingerprint density at radius 3 is 2.42 bits per heavy atom. The SMILES string of the molecule is CB/C=C(\C=N)c1cc2c(cn1)CN(c1c(F)c(OC)cc(OC)c1F)C(=O)N2CC. The van der Waals surface area contributed by atoms with Gasteiger partial charge in [0.25, 0.3) is 0 Å². The number of hydrogen-bond donors (Lipinski definition) is 1. The zero-order valence-electron chi connectivity index (χ0n) is 17.8. The number of nitrogens with one attached hydrogen (secondary N) is 1. The summed E-state index contributed by atoms with van der Waals surface area (Å²) >= 11 is 0. The molecule has 1 aliphatic rings. The van der Waals surface area contributed by atoms with Crippen LogP contribution in [-0.4, -0.2) is 45.3 Å². The number of anilines is 2. The first-order chi connectivity index (χ1) is 14.9. The molecule has 1 aromatic carbocycles. The fraction of sp³-hybridized carbons (Fsp3) is 0.286. The van der Waals surface area contributed by atoms with Crippen LogP contribution >= 0.6 is 0 Å². The molecular weight excluding hydrogens is 405 g/mol. The van der Waals surface area contributed by atoms with Crippen LogP contribution in [0.1, 0.15) is 18.2 Å². The van der Waals surface area contributed by atoms with E-state index in [0.29, 0.717) is 22.5 Å². The number of hydrogen-bond acceptors (Lipinski definition) is 5. The molecule has 0 radical (unpaired) electrons. The lowest BCUT2D eigenvalue weighted by Crippen LogP contribution is -2.48. The van der Waals surface area contributed by atoms with Gasteiger partial charge in [-0.1, -0.05) is 6.82 Å². The maximum atomic E-state index is 15.0. The molecule has 2 amide bonds. The first-order valence-electron chi connectivity index (χ1n) is 9.80. The molecule has 2 heterocycles. The van der Waals surface area contributed by atoms with E-state index in [1.807, 2.05) is 12.8 Å². The molecule has 162 valence electrons. The Kier molecular flexibility index (Phi) is 6.57. The van der Waals surface area contributed by atoms with E-state index in [1.54, 1.807) is 19.2 Å². The quantitative estimate of drug-likeness (QED) is 0.537. The average Bonchev–Trinajstić information content (AvgIpc) is 2.78. The zero-order valence-corrected chi connectivity index (χ0v) is 17.8. The second-order valence-electron chi connectivity index (χ2n) is 6.78. The zero-order chi connectivity index (χ0) is 22.7. The number of carbonyl (C=O) groups is 1. The highest BCUT2D eigenvalue weighted by Crippen LogP contribution is 2.41. The summed E-state index contributed by atoms with van der Waals surface area (Å²) in [7, 11) is 3.23. The van der Waals surface area contributed by atoms with Gasteiger partial charge in [0.2, 0.25) is 0 Å². The van der Waals surface area contributed by atoms with Crippen LogP contribution in [0.15, 0.2) is 24.3 Å². The number of allylic oxidation sites excluding steroid dienone is 1. The normalized spacial score (nSPS) is 13.7. The van der Waals surface area contributed by atoms with Gasteiger partial charge in [0.1, 0.15) is 13.0 Å². The van der Waals surface area contributed by atoms with E-state index < -0.39 is 23.4 Å². The van der Waals surface area contributed by atoms with Crippen molar-refractivity contribution >= 4 is 36.5 Å². The van der Waals surface area contributed by atoms with Gasteiger partial charge < -0.3 is 14.9 Å². The molecular formula is C21H23BF2N4O3. The van der Waals surface area contributed by atoms with Crippen molar-refractivity contribution in [3.63, 3.8) is 0 Å². The first-order valence-corrected chi connectivity index (χ1v) is 9.80. The highest BCUT2D eigenvalue weighted by molar-refractivity contribution is 6.44. The number of methoxy groups -OCH3 is 2. The number of nitrogens with zero attached hydrogens (tertiary/aromatic N) is 3. The topological polar surface area (TPSA) is 78.8 Å². The number of rotatable bonds is 7. The number of urea groups is 1. The van der Waals surface area contributed by atoms with Gasteiger partial charge in [-0.05, 0) is 13.0 Å². The van der Waals surface area contributed by atoms with E-state index >= 15 is 8.78 Å². The summed E-state index contributed by atoms with van der Waals surface area (Å²) in [4.78, 5) is 20.1. The highest BCUT2D eigenvalue weighted by Gasteiger charge is 2.36. The Hall–Kier alpha value is -3.43. The lowest BCUT2D eigenvalue weighted by molar-refractivity contribution is 0.249. The van der Waals surface area contributed by atoms with Crippen LogP contribution in [0, 0.1) is 17.0 Å². The molecule has 0 fully saturated rings. The maximum Gasteiger partial charge on any atom is 0.329 e. The monoisotopic (exact) mass is 428 g/mol. The van der Waals surface area contributed by atoms with Crippen LogP contribution < -0.4 is 19.3 Å². The minimum absolute atomic E-state index is 0.0838. The maximum absolute atomic E-state index is 15.0. The largest absolute Gasteiger partial charge is 0.493 e. The molecule has 3 rings (SSSR count). The summed E-state index contributed by atoms with van der Waals surface area (Å²) in [6.07, 6.45) is 2.77. The van der Waals surface area contributed by atoms with Crippen molar-refractivity contribution < 1.29 is 23.0 Å². The van der Waals surface area contributed by atoms with Crippen molar-refractivity contribution in [3.05, 3.63) is 47.2 Å². The van der Waals surface area contributed by atoms with Gasteiger partial charge >= 0.3 is 6.03 Å². The predicted molar refractivity (Wildman–Crippen MR) is 118 cm³/mol. The van der Waals surface area contributed by atoms with Crippen molar-refractivity contribution in [1.29, 1.82) is 5.41 Å². The molecule has 31 heavy (non-hydrogen) atoms. The molecule has 1 N–H and O–H groups in total. The number of aromatic nitrogens is 1. The minimum Gasteiger partial charge on any atom is -0.493 e. The van der Waals surface area contributed by atoms with Gasteiger partial charge in [-0.25, -0.2) is 13.6 Å². The Morgan fingerprint density at radius 2 is 1.90 bits per heavy atom. The smallest absolute Gasteiger partial charge is 0.329 e. The number of carbonyl (C=O) groups excluding carboxylic acids is 1. The summed E-state index contributed by atoms with van der Waals surface area (Å²) < 4.78 is 40.1. The van der Waals surface area contributed by atoms with Gasteiger partial charge in [0.05, 0.1) is 32.1 Å². The van der Waals surface area contributed by atoms with E-state index in [-0.39, 0.29) is 24.6 Å². The molecule has 0 spiro atoms. The number of amides is 2. The van der Waals surface area contributed by atoms with Gasteiger partial charge in [0, 0.05) is 36.2 Å². The van der Waals surface area contributed by atoms with E-state index in [4.69, 9.17) is 14.9 Å². The molecule has 0 bridgehead atoms. The number of benzene rings is 1. The molecule has 0 atom stereocenters. The second-order valence-corrected chi connectivity index (χ2v) is 6.78. The Morgan fingerprint density at radius 1 is 1.26 bits per heavy atom.